The molecule has 10 heteroatoms. The molecule has 0 bridgehead atoms. The van der Waals surface area contributed by atoms with Crippen LogP contribution in [0.3, 0.4) is 0 Å². The van der Waals surface area contributed by atoms with Crippen LogP contribution in [0.25, 0.3) is 10.1 Å². The Balaban J connectivity index is 1.34. The number of β-lactam (4-membered cyclic amide) rings is 1. The molecule has 3 aromatic rings. The van der Waals surface area contributed by atoms with E-state index in [9.17, 15) is 19.5 Å². The third-order valence-electron chi connectivity index (χ3n) is 9.34. The molecule has 2 aromatic heterocycles. The molecule has 2 N–H and O–H groups in total. The van der Waals surface area contributed by atoms with Gasteiger partial charge in [-0.25, -0.2) is 9.59 Å². The van der Waals surface area contributed by atoms with Gasteiger partial charge in [-0.15, -0.1) is 11.3 Å². The molecule has 210 valence electrons. The van der Waals surface area contributed by atoms with Crippen LogP contribution in [0, 0.1) is 16.7 Å². The fraction of sp³-hybridized carbons (Fsp3) is 0.500. The highest BCUT2D eigenvalue weighted by Crippen LogP contribution is 2.98. The van der Waals surface area contributed by atoms with Crippen LogP contribution in [0.5, 0.6) is 0 Å². The molecule has 1 spiro atoms. The smallest absolute Gasteiger partial charge is 0.412 e. The molecule has 0 radical (unpaired) electrons. The maximum Gasteiger partial charge on any atom is 0.412 e. The number of ether oxygens (including phenoxy) is 2. The number of hydrogen-bond acceptors (Lipinski definition) is 7. The summed E-state index contributed by atoms with van der Waals surface area (Å²) in [6, 6.07) is 8.40. The van der Waals surface area contributed by atoms with Gasteiger partial charge in [0, 0.05) is 28.9 Å². The Morgan fingerprint density at radius 2 is 2.05 bits per heavy atom. The molecule has 9 nitrogen and oxygen atoms in total. The van der Waals surface area contributed by atoms with E-state index in [1.54, 1.807) is 16.2 Å². The summed E-state index contributed by atoms with van der Waals surface area (Å²) >= 11 is 1.65. The van der Waals surface area contributed by atoms with E-state index in [0.29, 0.717) is 6.42 Å². The van der Waals surface area contributed by atoms with Crippen molar-refractivity contribution in [2.24, 2.45) is 16.7 Å². The zero-order chi connectivity index (χ0) is 28.2. The minimum absolute atomic E-state index is 0.0741. The number of nitrogens with zero attached hydrogens (tertiary/aromatic N) is 2. The SMILES string of the molecule is CCCOC(=O)[C@@H](C(O)C(C)(C)C)N1C(=O)[C@@]23C(c4cc[nH]c4)[C@H]2[C@]13N1C(=O)OC[C@@H]1c1ccc2sccc2c1. The number of carbonyl (C=O) groups excluding carboxylic acids is 3. The van der Waals surface area contributed by atoms with Crippen LogP contribution in [0.15, 0.2) is 48.1 Å². The molecule has 2 aliphatic carbocycles. The molecule has 7 rings (SSSR count). The topological polar surface area (TPSA) is 112 Å². The van der Waals surface area contributed by atoms with Gasteiger partial charge in [0.1, 0.15) is 17.7 Å². The van der Waals surface area contributed by atoms with Crippen molar-refractivity contribution in [3.63, 3.8) is 0 Å². The number of carbonyl (C=O) groups is 3. The molecule has 2 amide bonds. The van der Waals surface area contributed by atoms with Crippen molar-refractivity contribution in [2.75, 3.05) is 13.2 Å². The van der Waals surface area contributed by atoms with Gasteiger partial charge in [0.05, 0.1) is 18.8 Å². The number of H-pyrrole nitrogens is 1. The molecular weight excluding hydrogens is 530 g/mol. The number of aromatic nitrogens is 1. The molecule has 4 heterocycles. The Hall–Kier alpha value is -3.37. The Morgan fingerprint density at radius 1 is 1.25 bits per heavy atom. The van der Waals surface area contributed by atoms with Gasteiger partial charge in [-0.05, 0) is 58.0 Å². The quantitative estimate of drug-likeness (QED) is 0.310. The van der Waals surface area contributed by atoms with Crippen LogP contribution in [-0.4, -0.2) is 68.9 Å². The van der Waals surface area contributed by atoms with E-state index in [0.717, 1.165) is 21.2 Å². The number of thiophene rings is 1. The minimum atomic E-state index is -1.25. The van der Waals surface area contributed by atoms with Crippen molar-refractivity contribution >= 4 is 39.4 Å². The van der Waals surface area contributed by atoms with Crippen molar-refractivity contribution in [1.29, 1.82) is 0 Å². The van der Waals surface area contributed by atoms with E-state index in [1.807, 2.05) is 69.7 Å². The van der Waals surface area contributed by atoms with E-state index in [4.69, 9.17) is 9.47 Å². The molecule has 4 aliphatic rings. The van der Waals surface area contributed by atoms with Crippen molar-refractivity contribution in [2.45, 2.75) is 63.9 Å². The lowest BCUT2D eigenvalue weighted by atomic mass is 9.76. The molecule has 2 saturated heterocycles. The lowest BCUT2D eigenvalue weighted by molar-refractivity contribution is -0.201. The van der Waals surface area contributed by atoms with Gasteiger partial charge in [-0.1, -0.05) is 33.8 Å². The average molecular weight is 564 g/mol. The van der Waals surface area contributed by atoms with Crippen LogP contribution in [0.4, 0.5) is 4.79 Å². The van der Waals surface area contributed by atoms with Crippen LogP contribution in [0.2, 0.25) is 0 Å². The molecule has 4 fully saturated rings. The van der Waals surface area contributed by atoms with Crippen molar-refractivity contribution in [3.05, 3.63) is 59.2 Å². The first-order chi connectivity index (χ1) is 19.1. The molecule has 7 atom stereocenters. The Bertz CT molecular complexity index is 1530. The summed E-state index contributed by atoms with van der Waals surface area (Å²) < 4.78 is 12.3. The average Bonchev–Trinajstić information content (AvgIpc) is 3.33. The number of amides is 2. The number of rotatable bonds is 8. The molecule has 1 aromatic carbocycles. The second kappa shape index (κ2) is 8.33. The van der Waals surface area contributed by atoms with Crippen LogP contribution in [0.1, 0.15) is 57.2 Å². The maximum atomic E-state index is 14.2. The number of nitrogens with one attached hydrogen (secondary N) is 1. The third kappa shape index (κ3) is 2.98. The van der Waals surface area contributed by atoms with Crippen molar-refractivity contribution in [1.82, 2.24) is 14.8 Å². The summed E-state index contributed by atoms with van der Waals surface area (Å²) in [7, 11) is 0. The largest absolute Gasteiger partial charge is 0.464 e. The Labute approximate surface area is 236 Å². The molecule has 40 heavy (non-hydrogen) atoms. The second-order valence-electron chi connectivity index (χ2n) is 12.5. The summed E-state index contributed by atoms with van der Waals surface area (Å²) in [6.07, 6.45) is 2.59. The molecule has 2 aliphatic heterocycles. The number of aromatic amines is 1. The summed E-state index contributed by atoms with van der Waals surface area (Å²) in [5.74, 6) is -1.16. The Morgan fingerprint density at radius 3 is 2.73 bits per heavy atom. The number of cyclic esters (lactones) is 1. The first kappa shape index (κ1) is 25.6. The van der Waals surface area contributed by atoms with E-state index in [-0.39, 0.29) is 31.0 Å². The monoisotopic (exact) mass is 563 g/mol. The number of aliphatic hydroxyl groups is 1. The van der Waals surface area contributed by atoms with E-state index >= 15 is 0 Å². The lowest BCUT2D eigenvalue weighted by Gasteiger charge is -2.57. The van der Waals surface area contributed by atoms with Gasteiger partial charge in [-0.2, -0.15) is 0 Å². The molecule has 2 unspecified atom stereocenters. The number of fused-ring (bicyclic) bond motifs is 2. The number of likely N-dealkylation sites (tertiary alicyclic amines) is 1. The summed E-state index contributed by atoms with van der Waals surface area (Å²) in [4.78, 5) is 47.5. The number of aliphatic hydroxyl groups excluding tert-OH is 1. The highest BCUT2D eigenvalue weighted by Gasteiger charge is 3.11. The van der Waals surface area contributed by atoms with Crippen LogP contribution < -0.4 is 0 Å². The second-order valence-corrected chi connectivity index (χ2v) is 13.4. The summed E-state index contributed by atoms with van der Waals surface area (Å²) in [5.41, 5.74) is -0.737. The summed E-state index contributed by atoms with van der Waals surface area (Å²) in [5, 5.41) is 14.6. The van der Waals surface area contributed by atoms with Gasteiger partial charge in [0.15, 0.2) is 6.04 Å². The van der Waals surface area contributed by atoms with Gasteiger partial charge in [0.2, 0.25) is 5.91 Å². The first-order valence-corrected chi connectivity index (χ1v) is 14.7. The minimum Gasteiger partial charge on any atom is -0.464 e. The highest BCUT2D eigenvalue weighted by molar-refractivity contribution is 7.17. The standard InChI is InChI=1S/C30H33N3O6S/c1-5-11-38-25(35)22(24(34)28(2,3)4)33-26(36)29-21(18-8-10-31-14-18)23(29)30(29,33)32-19(15-39-27(32)37)16-6-7-20-17(13-16)9-12-40-20/h6-10,12-14,19,21-24,31,34H,5,11,15H2,1-4H3/t19-,21?,22-,23-,24?,29-,30+/m1/s1. The zero-order valence-corrected chi connectivity index (χ0v) is 23.7. The zero-order valence-electron chi connectivity index (χ0n) is 22.9. The van der Waals surface area contributed by atoms with E-state index < -0.39 is 46.7 Å². The summed E-state index contributed by atoms with van der Waals surface area (Å²) in [6.45, 7) is 7.68. The molecule has 2 saturated carbocycles. The fourth-order valence-corrected chi connectivity index (χ4v) is 8.25. The number of esters is 1. The number of hydrogen-bond donors (Lipinski definition) is 2. The van der Waals surface area contributed by atoms with Crippen molar-refractivity contribution < 1.29 is 29.0 Å². The predicted octanol–water partition coefficient (Wildman–Crippen LogP) is 4.40. The first-order valence-electron chi connectivity index (χ1n) is 13.9. The predicted molar refractivity (Wildman–Crippen MR) is 147 cm³/mol. The lowest BCUT2D eigenvalue weighted by Crippen LogP contribution is -2.77. The third-order valence-corrected chi connectivity index (χ3v) is 10.2. The maximum absolute atomic E-state index is 14.2. The Kier molecular flexibility index (Phi) is 5.33. The van der Waals surface area contributed by atoms with Gasteiger partial charge < -0.3 is 24.5 Å². The van der Waals surface area contributed by atoms with Crippen LogP contribution >= 0.6 is 11.3 Å². The van der Waals surface area contributed by atoms with Crippen LogP contribution in [-0.2, 0) is 19.1 Å². The van der Waals surface area contributed by atoms with E-state index in [1.165, 1.54) is 4.90 Å². The van der Waals surface area contributed by atoms with Gasteiger partial charge in [-0.3, -0.25) is 9.69 Å². The normalized spacial score (nSPS) is 31.8. The van der Waals surface area contributed by atoms with Gasteiger partial charge in [0.25, 0.3) is 0 Å². The fourth-order valence-electron chi connectivity index (χ4n) is 7.48. The van der Waals surface area contributed by atoms with Gasteiger partial charge >= 0.3 is 12.1 Å². The van der Waals surface area contributed by atoms with E-state index in [2.05, 4.69) is 11.1 Å². The van der Waals surface area contributed by atoms with Crippen molar-refractivity contribution in [3.8, 4) is 0 Å². The number of piperidine rings is 1. The molecular formula is C30H33N3O6S. The highest BCUT2D eigenvalue weighted by atomic mass is 32.1. The number of benzene rings is 1.